The van der Waals surface area contributed by atoms with Gasteiger partial charge in [0.15, 0.2) is 0 Å². The van der Waals surface area contributed by atoms with Gasteiger partial charge in [-0.2, -0.15) is 0 Å². The Morgan fingerprint density at radius 2 is 1.78 bits per heavy atom. The van der Waals surface area contributed by atoms with E-state index < -0.39 is 0 Å². The maximum atomic E-state index is 12.1. The van der Waals surface area contributed by atoms with Crippen molar-refractivity contribution >= 4 is 23.7 Å². The molecule has 2 aromatic carbocycles. The third-order valence-corrected chi connectivity index (χ3v) is 4.62. The van der Waals surface area contributed by atoms with Gasteiger partial charge in [-0.25, -0.2) is 0 Å². The molecule has 7 nitrogen and oxygen atoms in total. The lowest BCUT2D eigenvalue weighted by Gasteiger charge is -2.05. The Bertz CT molecular complexity index is 877. The fraction of sp³-hybridized carbons (Fsp3) is 0.211. The number of carbonyl (C=O) groups excluding carboxylic acids is 1. The summed E-state index contributed by atoms with van der Waals surface area (Å²) in [6, 6.07) is 15.2. The number of ether oxygens (including phenoxy) is 2. The average Bonchev–Trinajstić information content (AvgIpc) is 3.16. The molecule has 3 aromatic rings. The molecule has 1 heterocycles. The molecular weight excluding hydrogens is 366 g/mol. The van der Waals surface area contributed by atoms with Crippen molar-refractivity contribution in [2.75, 3.05) is 25.3 Å². The lowest BCUT2D eigenvalue weighted by molar-refractivity contribution is -0.115. The van der Waals surface area contributed by atoms with Gasteiger partial charge in [0.05, 0.1) is 14.2 Å². The number of aromatic nitrogens is 2. The van der Waals surface area contributed by atoms with Gasteiger partial charge >= 0.3 is 6.01 Å². The number of amides is 1. The number of benzene rings is 2. The number of anilines is 1. The Morgan fingerprint density at radius 3 is 2.44 bits per heavy atom. The number of rotatable bonds is 8. The van der Waals surface area contributed by atoms with E-state index >= 15 is 0 Å². The smallest absolute Gasteiger partial charge is 0.322 e. The van der Waals surface area contributed by atoms with Crippen molar-refractivity contribution in [3.8, 4) is 23.0 Å². The predicted molar refractivity (Wildman–Crippen MR) is 103 cm³/mol. The van der Waals surface area contributed by atoms with Crippen LogP contribution in [0.3, 0.4) is 0 Å². The highest BCUT2D eigenvalue weighted by atomic mass is 32.2. The van der Waals surface area contributed by atoms with Crippen molar-refractivity contribution < 1.29 is 18.7 Å². The van der Waals surface area contributed by atoms with E-state index in [9.17, 15) is 4.79 Å². The first-order valence-corrected chi connectivity index (χ1v) is 9.21. The Labute approximate surface area is 161 Å². The molecule has 0 saturated carbocycles. The second-order valence-electron chi connectivity index (χ2n) is 5.47. The molecule has 0 unspecified atom stereocenters. The molecule has 27 heavy (non-hydrogen) atoms. The van der Waals surface area contributed by atoms with Crippen LogP contribution in [-0.2, 0) is 4.79 Å². The predicted octanol–water partition coefficient (Wildman–Crippen LogP) is 3.87. The largest absolute Gasteiger partial charge is 0.497 e. The molecule has 8 heteroatoms. The van der Waals surface area contributed by atoms with Crippen LogP contribution in [0.4, 0.5) is 6.01 Å². The van der Waals surface area contributed by atoms with Gasteiger partial charge in [-0.05, 0) is 24.3 Å². The van der Waals surface area contributed by atoms with Gasteiger partial charge in [-0.1, -0.05) is 23.3 Å². The Kier molecular flexibility index (Phi) is 6.32. The summed E-state index contributed by atoms with van der Waals surface area (Å²) < 4.78 is 16.0. The number of methoxy groups -OCH3 is 2. The van der Waals surface area contributed by atoms with Crippen LogP contribution in [0, 0.1) is 0 Å². The average molecular weight is 385 g/mol. The zero-order chi connectivity index (χ0) is 19.1. The normalized spacial score (nSPS) is 10.4. The van der Waals surface area contributed by atoms with Crippen molar-refractivity contribution in [1.82, 2.24) is 10.2 Å². The van der Waals surface area contributed by atoms with E-state index in [1.165, 1.54) is 0 Å². The number of nitrogens with one attached hydrogen (secondary N) is 1. The molecule has 0 aliphatic rings. The summed E-state index contributed by atoms with van der Waals surface area (Å²) in [4.78, 5) is 13.2. The van der Waals surface area contributed by atoms with E-state index in [0.29, 0.717) is 29.2 Å². The fourth-order valence-corrected chi connectivity index (χ4v) is 3.15. The Morgan fingerprint density at radius 1 is 1.07 bits per heavy atom. The number of hydrogen-bond donors (Lipinski definition) is 1. The second kappa shape index (κ2) is 9.09. The van der Waals surface area contributed by atoms with Crippen LogP contribution in [0.2, 0.25) is 0 Å². The van der Waals surface area contributed by atoms with E-state index in [4.69, 9.17) is 13.9 Å². The minimum absolute atomic E-state index is 0.0569. The quantitative estimate of drug-likeness (QED) is 0.589. The summed E-state index contributed by atoms with van der Waals surface area (Å²) >= 11 is 1.61. The van der Waals surface area contributed by atoms with Crippen LogP contribution in [-0.4, -0.2) is 36.1 Å². The molecule has 140 valence electrons. The summed E-state index contributed by atoms with van der Waals surface area (Å²) in [6.45, 7) is 0. The molecule has 1 N–H and O–H groups in total. The number of thioether (sulfide) groups is 1. The third kappa shape index (κ3) is 5.24. The molecule has 0 radical (unpaired) electrons. The van der Waals surface area contributed by atoms with Gasteiger partial charge in [0.2, 0.25) is 11.8 Å². The molecule has 0 atom stereocenters. The number of nitrogens with zero attached hydrogens (tertiary/aromatic N) is 2. The van der Waals surface area contributed by atoms with Crippen molar-refractivity contribution in [1.29, 1.82) is 0 Å². The van der Waals surface area contributed by atoms with E-state index in [-0.39, 0.29) is 17.8 Å². The zero-order valence-electron chi connectivity index (χ0n) is 15.0. The number of hydrogen-bond acceptors (Lipinski definition) is 7. The van der Waals surface area contributed by atoms with Crippen LogP contribution in [0.1, 0.15) is 6.42 Å². The van der Waals surface area contributed by atoms with Crippen LogP contribution in [0.5, 0.6) is 11.5 Å². The minimum Gasteiger partial charge on any atom is -0.497 e. The molecule has 0 spiro atoms. The van der Waals surface area contributed by atoms with E-state index in [0.717, 1.165) is 4.90 Å². The van der Waals surface area contributed by atoms with Crippen molar-refractivity contribution in [3.05, 3.63) is 48.5 Å². The van der Waals surface area contributed by atoms with Gasteiger partial charge in [-0.3, -0.25) is 10.1 Å². The molecule has 1 aromatic heterocycles. The molecular formula is C19H19N3O4S. The lowest BCUT2D eigenvalue weighted by Crippen LogP contribution is -2.12. The standard InChI is InChI=1S/C19H19N3O4S/c1-24-14-10-13(11-15(12-14)25-2)18-21-22-19(26-18)20-17(23)8-9-27-16-6-4-3-5-7-16/h3-7,10-12H,8-9H2,1-2H3,(H,20,22,23). The Balaban J connectivity index is 1.58. The zero-order valence-corrected chi connectivity index (χ0v) is 15.8. The van der Waals surface area contributed by atoms with Gasteiger partial charge < -0.3 is 13.9 Å². The molecule has 3 rings (SSSR count). The summed E-state index contributed by atoms with van der Waals surface area (Å²) in [7, 11) is 3.12. The third-order valence-electron chi connectivity index (χ3n) is 3.61. The van der Waals surface area contributed by atoms with Crippen LogP contribution < -0.4 is 14.8 Å². The minimum atomic E-state index is -0.183. The molecule has 0 aliphatic carbocycles. The van der Waals surface area contributed by atoms with Crippen LogP contribution >= 0.6 is 11.8 Å². The monoisotopic (exact) mass is 385 g/mol. The second-order valence-corrected chi connectivity index (χ2v) is 6.64. The summed E-state index contributed by atoms with van der Waals surface area (Å²) in [5.41, 5.74) is 0.638. The maximum Gasteiger partial charge on any atom is 0.322 e. The van der Waals surface area contributed by atoms with E-state index in [1.807, 2.05) is 30.3 Å². The van der Waals surface area contributed by atoms with Gasteiger partial charge in [-0.15, -0.1) is 16.9 Å². The SMILES string of the molecule is COc1cc(OC)cc(-c2nnc(NC(=O)CCSc3ccccc3)o2)c1. The first-order chi connectivity index (χ1) is 13.2. The van der Waals surface area contributed by atoms with E-state index in [2.05, 4.69) is 15.5 Å². The maximum absolute atomic E-state index is 12.1. The highest BCUT2D eigenvalue weighted by Gasteiger charge is 2.13. The number of carbonyl (C=O) groups is 1. The van der Waals surface area contributed by atoms with Gasteiger partial charge in [0.25, 0.3) is 0 Å². The topological polar surface area (TPSA) is 86.5 Å². The first-order valence-electron chi connectivity index (χ1n) is 8.22. The van der Waals surface area contributed by atoms with Crippen molar-refractivity contribution in [3.63, 3.8) is 0 Å². The first kappa shape index (κ1) is 18.8. The van der Waals surface area contributed by atoms with Crippen LogP contribution in [0.15, 0.2) is 57.8 Å². The summed E-state index contributed by atoms with van der Waals surface area (Å²) in [6.07, 6.45) is 0.338. The molecule has 0 aliphatic heterocycles. The highest BCUT2D eigenvalue weighted by Crippen LogP contribution is 2.29. The molecule has 1 amide bonds. The summed E-state index contributed by atoms with van der Waals surface area (Å²) in [5.74, 6) is 1.94. The highest BCUT2D eigenvalue weighted by molar-refractivity contribution is 7.99. The fourth-order valence-electron chi connectivity index (χ4n) is 2.28. The molecule has 0 saturated heterocycles. The van der Waals surface area contributed by atoms with Crippen LogP contribution in [0.25, 0.3) is 11.5 Å². The summed E-state index contributed by atoms with van der Waals surface area (Å²) in [5, 5.41) is 10.5. The van der Waals surface area contributed by atoms with Gasteiger partial charge in [0.1, 0.15) is 11.5 Å². The lowest BCUT2D eigenvalue weighted by atomic mass is 10.2. The van der Waals surface area contributed by atoms with E-state index in [1.54, 1.807) is 44.2 Å². The Hall–Kier alpha value is -3.00. The molecule has 0 bridgehead atoms. The van der Waals surface area contributed by atoms with Gasteiger partial charge in [0, 0.05) is 28.7 Å². The molecule has 0 fully saturated rings. The van der Waals surface area contributed by atoms with Crippen molar-refractivity contribution in [2.45, 2.75) is 11.3 Å². The van der Waals surface area contributed by atoms with Crippen molar-refractivity contribution in [2.24, 2.45) is 0 Å².